The van der Waals surface area contributed by atoms with Crippen LogP contribution in [0.5, 0.6) is 0 Å². The van der Waals surface area contributed by atoms with Crippen LogP contribution < -0.4 is 27.5 Å². The average Bonchev–Trinajstić information content (AvgIpc) is 1.16. The third kappa shape index (κ3) is 22.3. The van der Waals surface area contributed by atoms with Crippen LogP contribution in [0.25, 0.3) is 27.2 Å². The van der Waals surface area contributed by atoms with Crippen molar-refractivity contribution in [2.75, 3.05) is 19.6 Å². The maximum Gasteiger partial charge on any atom is 0.315 e. The Balaban J connectivity index is 0.000000157. The van der Waals surface area contributed by atoms with Gasteiger partial charge in [0.25, 0.3) is 54.5 Å². The van der Waals surface area contributed by atoms with Crippen molar-refractivity contribution in [3.8, 4) is 0 Å². The fourth-order valence-electron chi connectivity index (χ4n) is 11.4. The van der Waals surface area contributed by atoms with Crippen molar-refractivity contribution >= 4 is 44.9 Å². The standard InChI is InChI=1S/2C22H17F3N6O2.C7H7F2N3O.C6H8F2N4.C6H4F2N4.C5H7N3.C2H2F2O2/c2*23-16-6-5-12(10-17-13-3-1-2-4-14(13)21(32)29-26-17)9-15(16)22(33)30-7-8-31-18(11-30)27-28-20(31)19(24)25;8-6(9)7(13)12-4-5-3-10-1-2-11-5;2*7-5(8)6-11-10-4-3-9-1-2-12(4)6;6-3-5-4-7-1-2-8-5;3-2(4)1-6-5/h2*1-6,9,19H,7-8,10-11H2,(H,29,32);1-3,6H,4H2,(H,12,13);5,9H,1-3H2;1-3,5H;1-2,4H,3,6H2;1,5H. The summed E-state index contributed by atoms with van der Waals surface area (Å²) in [4.78, 5) is 85.0. The maximum atomic E-state index is 14.6. The Morgan fingerprint density at radius 3 is 1.42 bits per heavy atom. The number of aromatic amines is 2. The molecule has 3 aliphatic rings. The lowest BCUT2D eigenvalue weighted by atomic mass is 10.0. The van der Waals surface area contributed by atoms with E-state index in [0.29, 0.717) is 87.4 Å². The number of amides is 3. The number of aromatic nitrogens is 21. The molecule has 13 aromatic rings. The van der Waals surface area contributed by atoms with Crippen LogP contribution in [0.4, 0.5) is 61.5 Å². The first kappa shape index (κ1) is 85.6. The minimum Gasteiger partial charge on any atom is -0.345 e. The first-order valence-corrected chi connectivity index (χ1v) is 34.2. The van der Waals surface area contributed by atoms with E-state index in [2.05, 4.69) is 96.3 Å². The lowest BCUT2D eigenvalue weighted by Gasteiger charge is -2.28. The molecule has 0 saturated carbocycles. The summed E-state index contributed by atoms with van der Waals surface area (Å²) in [5, 5.41) is 56.1. The molecule has 7 N–H and O–H groups in total. The van der Waals surface area contributed by atoms with E-state index in [1.54, 1.807) is 79.3 Å². The number of nitrogens with one attached hydrogen (secondary N) is 4. The van der Waals surface area contributed by atoms with Gasteiger partial charge in [0.05, 0.1) is 83.2 Å². The highest BCUT2D eigenvalue weighted by Gasteiger charge is 2.32. The van der Waals surface area contributed by atoms with E-state index in [-0.39, 0.29) is 110 Å². The molecule has 0 fully saturated rings. The number of halogens is 14. The summed E-state index contributed by atoms with van der Waals surface area (Å²) >= 11 is 0. The molecule has 0 atom stereocenters. The van der Waals surface area contributed by atoms with Crippen molar-refractivity contribution in [1.82, 2.24) is 125 Å². The Bertz CT molecular complexity index is 5460. The molecule has 117 heavy (non-hydrogen) atoms. The van der Waals surface area contributed by atoms with Crippen molar-refractivity contribution in [3.63, 3.8) is 0 Å². The first-order chi connectivity index (χ1) is 56.3. The summed E-state index contributed by atoms with van der Waals surface area (Å²) in [6.07, 6.45) is -1.89. The number of hydrogen-bond acceptors (Lipinski definition) is 24. The summed E-state index contributed by atoms with van der Waals surface area (Å²) in [6, 6.07) is 22.4. The lowest BCUT2D eigenvalue weighted by Crippen LogP contribution is -2.39. The Labute approximate surface area is 647 Å². The second-order valence-electron chi connectivity index (χ2n) is 24.3. The number of nitrogens with zero attached hydrogens (tertiary/aromatic N) is 21. The van der Waals surface area contributed by atoms with Gasteiger partial charge in [-0.2, -0.15) is 27.8 Å². The van der Waals surface area contributed by atoms with Crippen molar-refractivity contribution in [2.45, 2.75) is 97.3 Å². The van der Waals surface area contributed by atoms with Gasteiger partial charge in [-0.3, -0.25) is 53.3 Å². The summed E-state index contributed by atoms with van der Waals surface area (Å²) in [5.74, 6) is -4.22. The lowest BCUT2D eigenvalue weighted by molar-refractivity contribution is -0.189. The average molecular weight is 1650 g/mol. The number of H-pyrrole nitrogens is 2. The highest BCUT2D eigenvalue weighted by atomic mass is 19.3. The van der Waals surface area contributed by atoms with Gasteiger partial charge in [-0.15, -0.1) is 40.8 Å². The summed E-state index contributed by atoms with van der Waals surface area (Å²) in [6.45, 7) is 2.55. The first-order valence-electron chi connectivity index (χ1n) is 34.2. The monoisotopic (exact) mass is 1640 g/mol. The van der Waals surface area contributed by atoms with Gasteiger partial charge in [-0.25, -0.2) is 59.4 Å². The van der Waals surface area contributed by atoms with Crippen LogP contribution in [-0.2, 0) is 74.9 Å². The van der Waals surface area contributed by atoms with Crippen molar-refractivity contribution in [2.24, 2.45) is 5.73 Å². The van der Waals surface area contributed by atoms with Gasteiger partial charge in [0.15, 0.2) is 41.0 Å². The number of rotatable bonds is 15. The van der Waals surface area contributed by atoms with Gasteiger partial charge >= 0.3 is 12.5 Å². The van der Waals surface area contributed by atoms with Crippen LogP contribution in [0.15, 0.2) is 163 Å². The number of nitrogens with two attached hydrogens (primary N) is 1. The molecule has 0 spiro atoms. The fraction of sp³-hybridized carbons (Fsp3) is 0.257. The van der Waals surface area contributed by atoms with Gasteiger partial charge in [0.1, 0.15) is 17.5 Å². The molecule has 4 aromatic carbocycles. The summed E-state index contributed by atoms with van der Waals surface area (Å²) in [7, 11) is 0. The molecule has 3 amide bonds. The van der Waals surface area contributed by atoms with E-state index in [9.17, 15) is 85.4 Å². The fourth-order valence-corrected chi connectivity index (χ4v) is 11.4. The number of alkyl halides is 10. The van der Waals surface area contributed by atoms with Crippen LogP contribution in [0.1, 0.15) is 121 Å². The Kier molecular flexibility index (Phi) is 29.8. The van der Waals surface area contributed by atoms with Crippen molar-refractivity contribution in [1.29, 1.82) is 0 Å². The molecule has 3 aliphatic heterocycles. The van der Waals surface area contributed by atoms with Gasteiger partial charge in [-0.05, 0) is 47.5 Å². The topological polar surface area (TPSA) is 415 Å². The normalized spacial score (nSPS) is 12.6. The van der Waals surface area contributed by atoms with Gasteiger partial charge < -0.3 is 44.8 Å². The van der Waals surface area contributed by atoms with Gasteiger partial charge in [0, 0.05) is 113 Å². The molecular weight excluding hydrogens is 1580 g/mol. The van der Waals surface area contributed by atoms with E-state index in [4.69, 9.17) is 11.0 Å². The molecule has 16 rings (SSSR count). The molecule has 12 heterocycles. The van der Waals surface area contributed by atoms with E-state index in [1.807, 2.05) is 5.32 Å². The van der Waals surface area contributed by atoms with E-state index in [1.165, 1.54) is 89.3 Å². The molecule has 47 heteroatoms. The van der Waals surface area contributed by atoms with Crippen LogP contribution in [-0.4, -0.2) is 163 Å². The quantitative estimate of drug-likeness (QED) is 0.0242. The zero-order chi connectivity index (χ0) is 83.8. The van der Waals surface area contributed by atoms with Crippen LogP contribution in [0.2, 0.25) is 0 Å². The predicted octanol–water partition coefficient (Wildman–Crippen LogP) is 8.56. The highest BCUT2D eigenvalue weighted by molar-refractivity contribution is 5.95. The number of hydrogen-bond donors (Lipinski definition) is 6. The second-order valence-corrected chi connectivity index (χ2v) is 24.3. The molecule has 9 aromatic heterocycles. The van der Waals surface area contributed by atoms with E-state index < -0.39 is 79.2 Å². The number of carbonyl (C=O) groups is 3. The van der Waals surface area contributed by atoms with Crippen LogP contribution in [0.3, 0.4) is 0 Å². The van der Waals surface area contributed by atoms with E-state index >= 15 is 0 Å². The SMILES string of the molecule is FC(F)c1nnc2cnccn12.FC(F)c1nnc2n1CCNC2.NCc1cnccn1.O=C(NCc1cnccn1)C(F)F.O=C(c1cc(Cc2n[nH]c(=O)c3ccccc23)ccc1F)N1CCn2c(nnc2C(F)F)C1.O=C(c1cc(Cc2n[nH]c(=O)c3ccccc23)ccc1F)N1CCn2c(nnc2C(F)F)C1.OOC=C(F)F. The van der Waals surface area contributed by atoms with Gasteiger partial charge in [0.2, 0.25) is 5.82 Å². The highest BCUT2D eigenvalue weighted by Crippen LogP contribution is 2.28. The van der Waals surface area contributed by atoms with Crippen LogP contribution in [0, 0.1) is 11.6 Å². The largest absolute Gasteiger partial charge is 0.345 e. The second kappa shape index (κ2) is 40.7. The molecule has 0 saturated heterocycles. The Hall–Kier alpha value is -13.9. The number of carbonyl (C=O) groups excluding carboxylic acids is 3. The Morgan fingerprint density at radius 2 is 0.991 bits per heavy atom. The number of fused-ring (bicyclic) bond motifs is 6. The predicted molar refractivity (Wildman–Crippen MR) is 379 cm³/mol. The maximum absolute atomic E-state index is 14.6. The third-order valence-corrected chi connectivity index (χ3v) is 16.9. The minimum absolute atomic E-state index is 0.0307. The van der Waals surface area contributed by atoms with Crippen molar-refractivity contribution in [3.05, 3.63) is 271 Å². The summed E-state index contributed by atoms with van der Waals surface area (Å²) < 4.78 is 180. The minimum atomic E-state index is -2.99. The molecule has 0 unspecified atom stereocenters. The third-order valence-electron chi connectivity index (χ3n) is 16.9. The van der Waals surface area contributed by atoms with Crippen molar-refractivity contribution < 1.29 is 86.0 Å². The van der Waals surface area contributed by atoms with E-state index in [0.717, 1.165) is 5.69 Å². The summed E-state index contributed by atoms with van der Waals surface area (Å²) in [5.41, 5.74) is 8.38. The van der Waals surface area contributed by atoms with Crippen LogP contribution >= 0.6 is 0 Å². The molecule has 33 nitrogen and oxygen atoms in total. The van der Waals surface area contributed by atoms with Gasteiger partial charge in [-0.1, -0.05) is 48.5 Å². The molecule has 0 aliphatic carbocycles. The number of benzene rings is 4. The molecule has 0 radical (unpaired) electrons. The molecule has 0 bridgehead atoms. The zero-order valence-corrected chi connectivity index (χ0v) is 60.1. The molecular formula is C70H62F14N26O7. The smallest absolute Gasteiger partial charge is 0.315 e. The zero-order valence-electron chi connectivity index (χ0n) is 60.1. The Morgan fingerprint density at radius 1 is 0.538 bits per heavy atom. The molecule has 612 valence electrons.